The lowest BCUT2D eigenvalue weighted by Gasteiger charge is -2.49. The van der Waals surface area contributed by atoms with E-state index in [0.717, 1.165) is 12.8 Å². The third-order valence-corrected chi connectivity index (χ3v) is 5.89. The van der Waals surface area contributed by atoms with Crippen molar-refractivity contribution in [2.24, 2.45) is 0 Å². The second-order valence-corrected chi connectivity index (χ2v) is 7.13. The Bertz CT molecular complexity index is 708. The second-order valence-electron chi connectivity index (χ2n) is 7.13. The van der Waals surface area contributed by atoms with Crippen LogP contribution in [0.25, 0.3) is 0 Å². The summed E-state index contributed by atoms with van der Waals surface area (Å²) in [5.74, 6) is 0.0378. The summed E-state index contributed by atoms with van der Waals surface area (Å²) in [5, 5.41) is 9.48. The van der Waals surface area contributed by atoms with Crippen molar-refractivity contribution in [3.05, 3.63) is 71.3 Å². The average Bonchev–Trinajstić information content (AvgIpc) is 2.56. The van der Waals surface area contributed by atoms with Gasteiger partial charge in [0.1, 0.15) is 0 Å². The molecule has 2 aromatic carbocycles. The molecule has 1 nitrogen and oxygen atoms in total. The lowest BCUT2D eigenvalue weighted by molar-refractivity contribution is 0.234. The second kappa shape index (κ2) is 5.29. The van der Waals surface area contributed by atoms with Crippen LogP contribution in [0.15, 0.2) is 54.6 Å². The molecule has 1 heteroatoms. The summed E-state index contributed by atoms with van der Waals surface area (Å²) in [6.07, 6.45) is 1.99. The molecular weight excluding hydrogens is 266 g/mol. The van der Waals surface area contributed by atoms with Crippen molar-refractivity contribution in [2.75, 3.05) is 0 Å². The van der Waals surface area contributed by atoms with Crippen molar-refractivity contribution < 1.29 is 0 Å². The Kier molecular flexibility index (Phi) is 3.57. The third kappa shape index (κ3) is 2.06. The summed E-state index contributed by atoms with van der Waals surface area (Å²) in [6.45, 7) is 7.05. The Labute approximate surface area is 133 Å². The van der Waals surface area contributed by atoms with Crippen LogP contribution in [0.1, 0.15) is 56.2 Å². The van der Waals surface area contributed by atoms with Crippen LogP contribution in [-0.4, -0.2) is 0 Å². The van der Waals surface area contributed by atoms with Gasteiger partial charge in [-0.15, -0.1) is 0 Å². The van der Waals surface area contributed by atoms with Gasteiger partial charge in [0.15, 0.2) is 0 Å². The largest absolute Gasteiger partial charge is 0.198 e. The van der Waals surface area contributed by atoms with Crippen molar-refractivity contribution >= 4 is 0 Å². The number of benzene rings is 2. The van der Waals surface area contributed by atoms with Gasteiger partial charge in [0.2, 0.25) is 0 Å². The number of nitrogens with zero attached hydrogens (tertiary/aromatic N) is 1. The summed E-state index contributed by atoms with van der Waals surface area (Å²) >= 11 is 0. The van der Waals surface area contributed by atoms with Crippen LogP contribution in [0.3, 0.4) is 0 Å². The van der Waals surface area contributed by atoms with Gasteiger partial charge < -0.3 is 0 Å². The molecule has 0 aliphatic heterocycles. The highest BCUT2D eigenvalue weighted by Gasteiger charge is 2.47. The molecule has 1 aliphatic rings. The van der Waals surface area contributed by atoms with Crippen LogP contribution in [0.4, 0.5) is 0 Å². The highest BCUT2D eigenvalue weighted by Crippen LogP contribution is 2.52. The van der Waals surface area contributed by atoms with Crippen LogP contribution in [0.2, 0.25) is 0 Å². The summed E-state index contributed by atoms with van der Waals surface area (Å²) in [5.41, 5.74) is 4.00. The molecule has 0 fully saturated rings. The van der Waals surface area contributed by atoms with E-state index in [0.29, 0.717) is 0 Å². The van der Waals surface area contributed by atoms with Gasteiger partial charge >= 0.3 is 0 Å². The molecule has 0 spiro atoms. The molecule has 0 aromatic heterocycles. The first-order chi connectivity index (χ1) is 10.5. The van der Waals surface area contributed by atoms with E-state index in [1.807, 2.05) is 0 Å². The number of nitriles is 1. The van der Waals surface area contributed by atoms with E-state index < -0.39 is 0 Å². The first kappa shape index (κ1) is 14.9. The Morgan fingerprint density at radius 1 is 1.05 bits per heavy atom. The molecule has 0 saturated carbocycles. The lowest BCUT2D eigenvalue weighted by atomic mass is 9.54. The zero-order chi connectivity index (χ0) is 15.8. The summed E-state index contributed by atoms with van der Waals surface area (Å²) in [7, 11) is 0. The molecule has 2 unspecified atom stereocenters. The molecule has 0 bridgehead atoms. The van der Waals surface area contributed by atoms with Gasteiger partial charge in [0.25, 0.3) is 0 Å². The standard InChI is InChI=1S/C21H23N/c1-20(2,17-9-5-4-6-10-17)21(3)14-13-16(15-22)18-11-7-8-12-19(18)21/h4-12,16H,13-14H2,1-3H3. The summed E-state index contributed by atoms with van der Waals surface area (Å²) in [4.78, 5) is 0. The fourth-order valence-electron chi connectivity index (χ4n) is 3.98. The molecule has 2 aromatic rings. The Hall–Kier alpha value is -2.07. The lowest BCUT2D eigenvalue weighted by Crippen LogP contribution is -2.45. The maximum absolute atomic E-state index is 9.48. The number of rotatable bonds is 2. The molecule has 2 atom stereocenters. The van der Waals surface area contributed by atoms with Gasteiger partial charge in [-0.2, -0.15) is 5.26 Å². The molecule has 0 amide bonds. The van der Waals surface area contributed by atoms with E-state index in [1.165, 1.54) is 16.7 Å². The maximum atomic E-state index is 9.48. The quantitative estimate of drug-likeness (QED) is 0.733. The highest BCUT2D eigenvalue weighted by atomic mass is 14.5. The van der Waals surface area contributed by atoms with Crippen molar-refractivity contribution in [3.63, 3.8) is 0 Å². The minimum atomic E-state index is 0.0186. The topological polar surface area (TPSA) is 23.8 Å². The van der Waals surface area contributed by atoms with Crippen molar-refractivity contribution in [2.45, 2.75) is 50.4 Å². The molecule has 0 heterocycles. The fourth-order valence-corrected chi connectivity index (χ4v) is 3.98. The molecule has 22 heavy (non-hydrogen) atoms. The van der Waals surface area contributed by atoms with E-state index in [4.69, 9.17) is 0 Å². The minimum absolute atomic E-state index is 0.0186. The van der Waals surface area contributed by atoms with E-state index >= 15 is 0 Å². The zero-order valence-corrected chi connectivity index (χ0v) is 13.6. The predicted octanol–water partition coefficient (Wildman–Crippen LogP) is 5.32. The monoisotopic (exact) mass is 289 g/mol. The van der Waals surface area contributed by atoms with Crippen molar-refractivity contribution in [1.82, 2.24) is 0 Å². The van der Waals surface area contributed by atoms with Gasteiger partial charge in [0, 0.05) is 5.41 Å². The minimum Gasteiger partial charge on any atom is -0.198 e. The van der Waals surface area contributed by atoms with Gasteiger partial charge in [-0.3, -0.25) is 0 Å². The molecule has 0 N–H and O–H groups in total. The molecular formula is C21H23N. The van der Waals surface area contributed by atoms with E-state index in [-0.39, 0.29) is 16.7 Å². The summed E-state index contributed by atoms with van der Waals surface area (Å²) < 4.78 is 0. The molecule has 3 rings (SSSR count). The number of hydrogen-bond donors (Lipinski definition) is 0. The van der Waals surface area contributed by atoms with E-state index in [9.17, 15) is 5.26 Å². The molecule has 1 aliphatic carbocycles. The van der Waals surface area contributed by atoms with Crippen LogP contribution < -0.4 is 0 Å². The van der Waals surface area contributed by atoms with Gasteiger partial charge in [-0.1, -0.05) is 75.4 Å². The van der Waals surface area contributed by atoms with Gasteiger partial charge in [-0.25, -0.2) is 0 Å². The van der Waals surface area contributed by atoms with Crippen molar-refractivity contribution in [3.8, 4) is 6.07 Å². The Morgan fingerprint density at radius 3 is 2.36 bits per heavy atom. The SMILES string of the molecule is CC(C)(c1ccccc1)C1(C)CCC(C#N)c2ccccc21. The number of hydrogen-bond acceptors (Lipinski definition) is 1. The first-order valence-electron chi connectivity index (χ1n) is 8.05. The van der Waals surface area contributed by atoms with Crippen LogP contribution in [0, 0.1) is 11.3 Å². The average molecular weight is 289 g/mol. The maximum Gasteiger partial charge on any atom is 0.0715 e. The first-order valence-corrected chi connectivity index (χ1v) is 8.05. The fraction of sp³-hybridized carbons (Fsp3) is 0.381. The molecule has 0 saturated heterocycles. The van der Waals surface area contributed by atoms with E-state index in [2.05, 4.69) is 81.4 Å². The Morgan fingerprint density at radius 2 is 1.68 bits per heavy atom. The third-order valence-electron chi connectivity index (χ3n) is 5.89. The van der Waals surface area contributed by atoms with Crippen LogP contribution in [0.5, 0.6) is 0 Å². The van der Waals surface area contributed by atoms with Crippen LogP contribution in [-0.2, 0) is 10.8 Å². The molecule has 112 valence electrons. The van der Waals surface area contributed by atoms with E-state index in [1.54, 1.807) is 0 Å². The van der Waals surface area contributed by atoms with Gasteiger partial charge in [-0.05, 0) is 34.9 Å². The number of fused-ring (bicyclic) bond motifs is 1. The van der Waals surface area contributed by atoms with Gasteiger partial charge in [0.05, 0.1) is 12.0 Å². The van der Waals surface area contributed by atoms with Crippen LogP contribution >= 0.6 is 0 Å². The predicted molar refractivity (Wildman–Crippen MR) is 90.9 cm³/mol. The van der Waals surface area contributed by atoms with Crippen molar-refractivity contribution in [1.29, 1.82) is 5.26 Å². The zero-order valence-electron chi connectivity index (χ0n) is 13.6. The smallest absolute Gasteiger partial charge is 0.0715 e. The normalized spacial score (nSPS) is 24.4. The highest BCUT2D eigenvalue weighted by molar-refractivity contribution is 5.46. The Balaban J connectivity index is 2.16. The summed E-state index contributed by atoms with van der Waals surface area (Å²) in [6, 6.07) is 21.8. The molecule has 0 radical (unpaired) electrons.